The van der Waals surface area contributed by atoms with Gasteiger partial charge >= 0.3 is 12.1 Å². The van der Waals surface area contributed by atoms with Gasteiger partial charge in [-0.05, 0) is 0 Å². The Morgan fingerprint density at radius 2 is 1.50 bits per heavy atom. The van der Waals surface area contributed by atoms with Gasteiger partial charge in [0, 0.05) is 11.8 Å². The highest BCUT2D eigenvalue weighted by Gasteiger charge is 2.45. The third kappa shape index (κ3) is 1.42. The SMILES string of the molecule is O=C(OC1C2C=CC1C=C2)C(F)(F)F. The van der Waals surface area contributed by atoms with Gasteiger partial charge in [0.25, 0.3) is 0 Å². The molecule has 14 heavy (non-hydrogen) atoms. The summed E-state index contributed by atoms with van der Waals surface area (Å²) in [4.78, 5) is 10.5. The van der Waals surface area contributed by atoms with Crippen molar-refractivity contribution in [3.05, 3.63) is 24.3 Å². The van der Waals surface area contributed by atoms with E-state index in [4.69, 9.17) is 0 Å². The fraction of sp³-hybridized carbons (Fsp3) is 0.444. The zero-order valence-electron chi connectivity index (χ0n) is 6.99. The minimum atomic E-state index is -4.90. The number of esters is 1. The molecule has 0 aromatic carbocycles. The molecule has 0 fully saturated rings. The van der Waals surface area contributed by atoms with Crippen LogP contribution in [0, 0.1) is 11.8 Å². The molecule has 2 aliphatic rings. The first-order valence-corrected chi connectivity index (χ1v) is 4.13. The standard InChI is InChI=1S/C9H7F3O2/c10-9(11,12)8(13)14-7-5-1-2-6(7)4-3-5/h1-7H. The Hall–Kier alpha value is -1.26. The molecule has 5 heteroatoms. The molecule has 0 radical (unpaired) electrons. The molecule has 0 heterocycles. The summed E-state index contributed by atoms with van der Waals surface area (Å²) >= 11 is 0. The quantitative estimate of drug-likeness (QED) is 0.481. The lowest BCUT2D eigenvalue weighted by atomic mass is 10.1. The fourth-order valence-corrected chi connectivity index (χ4v) is 1.68. The number of rotatable bonds is 1. The molecule has 2 aliphatic carbocycles. The summed E-state index contributed by atoms with van der Waals surface area (Å²) in [6, 6.07) is 0. The van der Waals surface area contributed by atoms with E-state index in [0.717, 1.165) is 0 Å². The van der Waals surface area contributed by atoms with Crippen molar-refractivity contribution in [1.82, 2.24) is 0 Å². The number of alkyl halides is 3. The number of halogens is 3. The lowest BCUT2D eigenvalue weighted by Gasteiger charge is -2.17. The number of fused-ring (bicyclic) bond motifs is 2. The van der Waals surface area contributed by atoms with Crippen molar-refractivity contribution in [2.24, 2.45) is 11.8 Å². The van der Waals surface area contributed by atoms with Gasteiger partial charge < -0.3 is 4.74 Å². The van der Waals surface area contributed by atoms with E-state index in [0.29, 0.717) is 0 Å². The Morgan fingerprint density at radius 1 is 1.07 bits per heavy atom. The molecular weight excluding hydrogens is 197 g/mol. The highest BCUT2D eigenvalue weighted by atomic mass is 19.4. The molecule has 0 saturated carbocycles. The lowest BCUT2D eigenvalue weighted by molar-refractivity contribution is -0.206. The van der Waals surface area contributed by atoms with E-state index >= 15 is 0 Å². The van der Waals surface area contributed by atoms with Crippen LogP contribution in [0.3, 0.4) is 0 Å². The maximum atomic E-state index is 11.9. The minimum Gasteiger partial charge on any atom is -0.454 e. The van der Waals surface area contributed by atoms with Crippen LogP contribution < -0.4 is 0 Å². The van der Waals surface area contributed by atoms with Gasteiger partial charge in [0.2, 0.25) is 0 Å². The second-order valence-corrected chi connectivity index (χ2v) is 3.29. The smallest absolute Gasteiger partial charge is 0.454 e. The van der Waals surface area contributed by atoms with E-state index in [1.165, 1.54) is 0 Å². The molecule has 2 bridgehead atoms. The highest BCUT2D eigenvalue weighted by molar-refractivity contribution is 5.76. The number of ether oxygens (including phenoxy) is 1. The zero-order chi connectivity index (χ0) is 10.3. The van der Waals surface area contributed by atoms with E-state index in [2.05, 4.69) is 4.74 Å². The zero-order valence-corrected chi connectivity index (χ0v) is 6.99. The lowest BCUT2D eigenvalue weighted by Crippen LogP contribution is -2.32. The summed E-state index contributed by atoms with van der Waals surface area (Å²) in [5, 5.41) is 0. The maximum Gasteiger partial charge on any atom is 0.490 e. The first kappa shape index (κ1) is 9.30. The average molecular weight is 204 g/mol. The number of hydrogen-bond acceptors (Lipinski definition) is 2. The van der Waals surface area contributed by atoms with Gasteiger partial charge in [-0.1, -0.05) is 24.3 Å². The first-order valence-electron chi connectivity index (χ1n) is 4.13. The molecule has 0 N–H and O–H groups in total. The third-order valence-electron chi connectivity index (χ3n) is 2.34. The Morgan fingerprint density at radius 3 is 1.86 bits per heavy atom. The summed E-state index contributed by atoms with van der Waals surface area (Å²) < 4.78 is 40.0. The van der Waals surface area contributed by atoms with Crippen molar-refractivity contribution in [1.29, 1.82) is 0 Å². The van der Waals surface area contributed by atoms with Gasteiger partial charge in [0.15, 0.2) is 0 Å². The van der Waals surface area contributed by atoms with Crippen molar-refractivity contribution in [3.8, 4) is 0 Å². The molecule has 2 nitrogen and oxygen atoms in total. The molecule has 2 rings (SSSR count). The molecular formula is C9H7F3O2. The van der Waals surface area contributed by atoms with E-state index in [1.807, 2.05) is 0 Å². The van der Waals surface area contributed by atoms with Gasteiger partial charge in [-0.25, -0.2) is 4.79 Å². The molecule has 0 unspecified atom stereocenters. The number of hydrogen-bond donors (Lipinski definition) is 0. The fourth-order valence-electron chi connectivity index (χ4n) is 1.68. The number of carbonyl (C=O) groups is 1. The van der Waals surface area contributed by atoms with Crippen molar-refractivity contribution >= 4 is 5.97 Å². The monoisotopic (exact) mass is 204 g/mol. The minimum absolute atomic E-state index is 0.189. The summed E-state index contributed by atoms with van der Waals surface area (Å²) in [7, 11) is 0. The Bertz CT molecular complexity index is 287. The van der Waals surface area contributed by atoms with Crippen LogP contribution in [0.1, 0.15) is 0 Å². The van der Waals surface area contributed by atoms with Gasteiger partial charge in [0.05, 0.1) is 0 Å². The highest BCUT2D eigenvalue weighted by Crippen LogP contribution is 2.36. The van der Waals surface area contributed by atoms with Gasteiger partial charge in [0.1, 0.15) is 6.10 Å². The van der Waals surface area contributed by atoms with E-state index in [1.54, 1.807) is 24.3 Å². The van der Waals surface area contributed by atoms with Crippen LogP contribution in [0.5, 0.6) is 0 Å². The van der Waals surface area contributed by atoms with E-state index < -0.39 is 18.2 Å². The van der Waals surface area contributed by atoms with Crippen molar-refractivity contribution in [2.75, 3.05) is 0 Å². The van der Waals surface area contributed by atoms with Crippen LogP contribution in [0.15, 0.2) is 24.3 Å². The van der Waals surface area contributed by atoms with Gasteiger partial charge in [-0.15, -0.1) is 0 Å². The Kier molecular flexibility index (Phi) is 1.90. The van der Waals surface area contributed by atoms with Gasteiger partial charge in [-0.3, -0.25) is 0 Å². The molecule has 0 spiro atoms. The Balaban J connectivity index is 1.98. The molecule has 76 valence electrons. The van der Waals surface area contributed by atoms with Crippen molar-refractivity contribution < 1.29 is 22.7 Å². The summed E-state index contributed by atoms with van der Waals surface area (Å²) in [5.41, 5.74) is 0. The van der Waals surface area contributed by atoms with Crippen LogP contribution >= 0.6 is 0 Å². The molecule has 0 aromatic heterocycles. The van der Waals surface area contributed by atoms with Crippen LogP contribution in [0.25, 0.3) is 0 Å². The molecule has 0 atom stereocenters. The molecule has 0 aromatic rings. The topological polar surface area (TPSA) is 26.3 Å². The predicted octanol–water partition coefficient (Wildman–Crippen LogP) is 1.83. The largest absolute Gasteiger partial charge is 0.490 e. The second kappa shape index (κ2) is 2.87. The molecule has 0 saturated heterocycles. The predicted molar refractivity (Wildman–Crippen MR) is 41.2 cm³/mol. The summed E-state index contributed by atoms with van der Waals surface area (Å²) in [6.07, 6.45) is 1.40. The van der Waals surface area contributed by atoms with Crippen LogP contribution in [-0.2, 0) is 9.53 Å². The summed E-state index contributed by atoms with van der Waals surface area (Å²) in [5.74, 6) is -2.48. The van der Waals surface area contributed by atoms with E-state index in [9.17, 15) is 18.0 Å². The van der Waals surface area contributed by atoms with E-state index in [-0.39, 0.29) is 11.8 Å². The van der Waals surface area contributed by atoms with Crippen LogP contribution in [0.4, 0.5) is 13.2 Å². The first-order chi connectivity index (χ1) is 6.48. The van der Waals surface area contributed by atoms with Gasteiger partial charge in [-0.2, -0.15) is 13.2 Å². The molecule has 0 amide bonds. The number of carbonyl (C=O) groups excluding carboxylic acids is 1. The van der Waals surface area contributed by atoms with Crippen molar-refractivity contribution in [2.45, 2.75) is 12.3 Å². The molecule has 0 aliphatic heterocycles. The van der Waals surface area contributed by atoms with Crippen LogP contribution in [-0.4, -0.2) is 18.2 Å². The Labute approximate surface area is 78.0 Å². The maximum absolute atomic E-state index is 11.9. The third-order valence-corrected chi connectivity index (χ3v) is 2.34. The second-order valence-electron chi connectivity index (χ2n) is 3.29. The average Bonchev–Trinajstić information content (AvgIpc) is 2.63. The normalized spacial score (nSPS) is 33.8. The summed E-state index contributed by atoms with van der Waals surface area (Å²) in [6.45, 7) is 0. The van der Waals surface area contributed by atoms with Crippen molar-refractivity contribution in [3.63, 3.8) is 0 Å². The van der Waals surface area contributed by atoms with Crippen LogP contribution in [0.2, 0.25) is 0 Å².